The molecule has 0 radical (unpaired) electrons. The zero-order valence-corrected chi connectivity index (χ0v) is 40.0. The molecule has 288 valence electrons. The maximum absolute atomic E-state index is 10.5. The molecule has 0 amide bonds. The third-order valence-corrected chi connectivity index (χ3v) is 14.8. The Hall–Kier alpha value is -1.04. The monoisotopic (exact) mass is 920 g/mol. The van der Waals surface area contributed by atoms with Gasteiger partial charge in [0.05, 0.1) is 23.9 Å². The summed E-state index contributed by atoms with van der Waals surface area (Å²) in [6, 6.07) is 0. The van der Waals surface area contributed by atoms with Gasteiger partial charge in [-0.15, -0.1) is 0 Å². The van der Waals surface area contributed by atoms with E-state index in [1.54, 1.807) is 0 Å². The van der Waals surface area contributed by atoms with Crippen molar-refractivity contribution >= 4 is 66.2 Å². The Bertz CT molecular complexity index is 885. The molecule has 0 saturated heterocycles. The van der Waals surface area contributed by atoms with E-state index in [2.05, 4.69) is 96.9 Å². The Kier molecular flexibility index (Phi) is 33.9. The molecule has 0 heterocycles. The van der Waals surface area contributed by atoms with Crippen LogP contribution >= 0.6 is 0 Å². The van der Waals surface area contributed by atoms with Crippen LogP contribution in [-0.4, -0.2) is 66.2 Å². The van der Waals surface area contributed by atoms with E-state index >= 15 is 0 Å². The second-order valence-electron chi connectivity index (χ2n) is 16.8. The van der Waals surface area contributed by atoms with E-state index in [1.807, 2.05) is 0 Å². The van der Waals surface area contributed by atoms with Crippen LogP contribution in [0.25, 0.3) is 0 Å². The number of carboxylic acid groups (broad SMARTS) is 4. The zero-order chi connectivity index (χ0) is 40.2. The quantitative estimate of drug-likeness (QED) is 0.0847. The summed E-state index contributed by atoms with van der Waals surface area (Å²) in [6.45, 7) is 32.6. The molecule has 0 aromatic carbocycles. The van der Waals surface area contributed by atoms with Crippen molar-refractivity contribution in [3.05, 3.63) is 23.3 Å². The predicted octanol–water partition coefficient (Wildman–Crippen LogP) is 6.58. The maximum atomic E-state index is 10.5. The van der Waals surface area contributed by atoms with E-state index in [4.69, 9.17) is 0 Å². The number of hydrogen-bond donors (Lipinski definition) is 0. The molecular weight excluding hydrogens is 846 g/mol. The molecule has 10 heteroatoms. The molecule has 0 aromatic rings. The molecule has 0 aliphatic heterocycles. The molecule has 0 rings (SSSR count). The molecule has 0 bridgehead atoms. The van der Waals surface area contributed by atoms with Gasteiger partial charge in [-0.2, -0.15) is 0 Å². The molecule has 0 aromatic heterocycles. The fourth-order valence-corrected chi connectivity index (χ4v) is 18.0. The summed E-state index contributed by atoms with van der Waals surface area (Å²) in [4.78, 5) is 41.5. The minimum absolute atomic E-state index is 0.182. The first-order valence-electron chi connectivity index (χ1n) is 18.4. The van der Waals surface area contributed by atoms with Gasteiger partial charge >= 0.3 is 139 Å². The van der Waals surface area contributed by atoms with Gasteiger partial charge in [-0.05, 0) is 49.0 Å². The molecular formula is C40H72O8Sn2. The molecule has 0 saturated carbocycles. The summed E-state index contributed by atoms with van der Waals surface area (Å²) in [7, 11) is 0. The number of carbonyl (C=O) groups excluding carboxylic acids is 4. The van der Waals surface area contributed by atoms with Gasteiger partial charge in [0, 0.05) is 0 Å². The fraction of sp³-hybridized carbons (Fsp3) is 0.800. The Morgan fingerprint density at radius 3 is 0.800 bits per heavy atom. The van der Waals surface area contributed by atoms with Gasteiger partial charge in [0.15, 0.2) is 0 Å². The van der Waals surface area contributed by atoms with E-state index in [0.29, 0.717) is 38.7 Å². The average Bonchev–Trinajstić information content (AvgIpc) is 2.87. The van der Waals surface area contributed by atoms with Gasteiger partial charge in [-0.25, -0.2) is 0 Å². The third kappa shape index (κ3) is 53.7. The van der Waals surface area contributed by atoms with E-state index < -0.39 is 23.9 Å². The van der Waals surface area contributed by atoms with E-state index in [1.165, 1.54) is 12.8 Å². The second-order valence-corrected chi connectivity index (χ2v) is 35.4. The fourth-order valence-electron chi connectivity index (χ4n) is 5.19. The van der Waals surface area contributed by atoms with Crippen molar-refractivity contribution in [1.82, 2.24) is 0 Å². The van der Waals surface area contributed by atoms with Crippen LogP contribution in [0.15, 0.2) is 23.3 Å². The molecule has 0 fully saturated rings. The van der Waals surface area contributed by atoms with Crippen molar-refractivity contribution in [2.75, 3.05) is 0 Å². The van der Waals surface area contributed by atoms with Crippen molar-refractivity contribution in [3.63, 3.8) is 0 Å². The first kappa shape index (κ1) is 55.7. The van der Waals surface area contributed by atoms with Crippen LogP contribution in [0.5, 0.6) is 0 Å². The van der Waals surface area contributed by atoms with Crippen LogP contribution in [0.3, 0.4) is 0 Å². The number of unbranched alkanes of at least 4 members (excludes halogenated alkanes) is 10. The molecule has 0 unspecified atom stereocenters. The first-order chi connectivity index (χ1) is 22.6. The Morgan fingerprint density at radius 2 is 0.640 bits per heavy atom. The van der Waals surface area contributed by atoms with Gasteiger partial charge in [0.1, 0.15) is 0 Å². The van der Waals surface area contributed by atoms with Gasteiger partial charge < -0.3 is 39.6 Å². The summed E-state index contributed by atoms with van der Waals surface area (Å²) in [5.41, 5.74) is -0.369. The molecule has 0 spiro atoms. The van der Waals surface area contributed by atoms with Crippen LogP contribution in [-0.2, 0) is 19.2 Å². The van der Waals surface area contributed by atoms with Gasteiger partial charge in [-0.1, -0.05) is 78.1 Å². The van der Waals surface area contributed by atoms with E-state index in [0.717, 1.165) is 51.4 Å². The van der Waals surface area contributed by atoms with Crippen molar-refractivity contribution < 1.29 is 39.6 Å². The minimum atomic E-state index is -1.48. The van der Waals surface area contributed by atoms with Crippen molar-refractivity contribution in [3.8, 4) is 0 Å². The SMILES string of the molecule is CCCCCCCC/C(=C/C(=O)[O-])C(=O)[O-].CCCCCCCC/C(=C/C(=O)[O-])C(=O)[O-].C[C](C)(C)[Sn+2][C](C)(C)C.C[C](C)(C)[Sn+2][C](C)(C)C. The number of aliphatic carboxylic acids is 4. The Morgan fingerprint density at radius 1 is 0.420 bits per heavy atom. The Labute approximate surface area is 327 Å². The van der Waals surface area contributed by atoms with Crippen LogP contribution in [0, 0.1) is 0 Å². The molecule has 0 aliphatic carbocycles. The topological polar surface area (TPSA) is 161 Å². The summed E-state index contributed by atoms with van der Waals surface area (Å²) < 4.78 is 2.62. The van der Waals surface area contributed by atoms with Crippen molar-refractivity contribution in [1.29, 1.82) is 0 Å². The number of carbonyl (C=O) groups is 4. The standard InChI is InChI=1S/2C12H20O4.4C4H9.2Sn/c2*1-2-3-4-5-6-7-8-10(12(15)16)9-11(13)14;4*1-4(2)3;;/h2*9H,2-8H2,1H3,(H,13,14)(H,15,16);4*1-3H3;;/q;;;;;;2*+2/p-4/b2*10-9-;;;;;;. The predicted molar refractivity (Wildman–Crippen MR) is 203 cm³/mol. The molecule has 8 nitrogen and oxygen atoms in total. The van der Waals surface area contributed by atoms with Crippen molar-refractivity contribution in [2.45, 2.75) is 201 Å². The second kappa shape index (κ2) is 30.4. The van der Waals surface area contributed by atoms with Gasteiger partial charge in [-0.3, -0.25) is 0 Å². The van der Waals surface area contributed by atoms with Crippen LogP contribution in [0.2, 0.25) is 13.7 Å². The van der Waals surface area contributed by atoms with Crippen LogP contribution < -0.4 is 20.4 Å². The first-order valence-corrected chi connectivity index (χ1v) is 24.1. The van der Waals surface area contributed by atoms with Gasteiger partial charge in [0.25, 0.3) is 0 Å². The number of rotatable bonds is 18. The molecule has 0 N–H and O–H groups in total. The molecule has 0 aliphatic rings. The zero-order valence-electron chi connectivity index (χ0n) is 34.3. The number of carboxylic acids is 4. The summed E-state index contributed by atoms with van der Waals surface area (Å²) in [5, 5.41) is 41.5. The normalized spacial score (nSPS) is 12.0. The summed E-state index contributed by atoms with van der Waals surface area (Å²) in [6.07, 6.45) is 14.0. The van der Waals surface area contributed by atoms with Gasteiger partial charge in [0.2, 0.25) is 0 Å². The van der Waals surface area contributed by atoms with E-state index in [-0.39, 0.29) is 66.3 Å². The summed E-state index contributed by atoms with van der Waals surface area (Å²) >= 11 is -0.363. The number of hydrogen-bond acceptors (Lipinski definition) is 8. The molecule has 50 heavy (non-hydrogen) atoms. The third-order valence-electron chi connectivity index (χ3n) is 6.21. The Balaban J connectivity index is -0.000000293. The molecule has 0 atom stereocenters. The van der Waals surface area contributed by atoms with E-state index in [9.17, 15) is 39.6 Å². The van der Waals surface area contributed by atoms with Crippen LogP contribution in [0.4, 0.5) is 0 Å². The van der Waals surface area contributed by atoms with Crippen molar-refractivity contribution in [2.24, 2.45) is 0 Å². The average molecular weight is 918 g/mol. The van der Waals surface area contributed by atoms with Crippen LogP contribution in [0.1, 0.15) is 187 Å². The summed E-state index contributed by atoms with van der Waals surface area (Å²) in [5.74, 6) is -5.80.